The number of hydrogen-bond donors (Lipinski definition) is 2. The van der Waals surface area contributed by atoms with Gasteiger partial charge in [-0.05, 0) is 18.2 Å². The fraction of sp³-hybridized carbons (Fsp3) is 0.889. The van der Waals surface area contributed by atoms with Crippen molar-refractivity contribution in [1.82, 2.24) is 10.2 Å². The largest absolute Gasteiger partial charge is 0.341 e. The van der Waals surface area contributed by atoms with E-state index in [4.69, 9.17) is 0 Å². The molecule has 1 amide bonds. The molecule has 13 heavy (non-hydrogen) atoms. The van der Waals surface area contributed by atoms with Crippen LogP contribution in [0, 0.1) is 5.92 Å². The monoisotopic (exact) mass is 202 g/mol. The molecule has 0 spiro atoms. The average Bonchev–Trinajstić information content (AvgIpc) is 2.48. The molecule has 76 valence electrons. The number of amides is 1. The maximum atomic E-state index is 11.4. The number of likely N-dealkylation sites (tertiary alicyclic amines) is 1. The summed E-state index contributed by atoms with van der Waals surface area (Å²) < 4.78 is 0. The molecule has 1 fully saturated rings. The van der Waals surface area contributed by atoms with Gasteiger partial charge in [0.15, 0.2) is 0 Å². The number of rotatable bonds is 5. The Balaban J connectivity index is 2.23. The standard InChI is InChI=1S/C9H18N2OS/c1-2-10-3-4-11-6-8(7-13)5-9(11)12/h8,10,13H,2-7H2,1H3. The van der Waals surface area contributed by atoms with Crippen LogP contribution in [0.5, 0.6) is 0 Å². The molecule has 1 atom stereocenters. The van der Waals surface area contributed by atoms with Gasteiger partial charge >= 0.3 is 0 Å². The Morgan fingerprint density at radius 2 is 2.46 bits per heavy atom. The van der Waals surface area contributed by atoms with Crippen LogP contribution in [-0.2, 0) is 4.79 Å². The third kappa shape index (κ3) is 3.19. The van der Waals surface area contributed by atoms with Gasteiger partial charge in [-0.15, -0.1) is 0 Å². The van der Waals surface area contributed by atoms with Crippen LogP contribution >= 0.6 is 12.6 Å². The first-order valence-electron chi connectivity index (χ1n) is 4.87. The Labute approximate surface area is 85.3 Å². The Kier molecular flexibility index (Phi) is 4.59. The molecular formula is C9H18N2OS. The SMILES string of the molecule is CCNCCN1CC(CS)CC1=O. The molecule has 1 heterocycles. The third-order valence-electron chi connectivity index (χ3n) is 2.36. The summed E-state index contributed by atoms with van der Waals surface area (Å²) in [5.41, 5.74) is 0. The van der Waals surface area contributed by atoms with Gasteiger partial charge in [0.1, 0.15) is 0 Å². The van der Waals surface area contributed by atoms with Gasteiger partial charge in [-0.3, -0.25) is 4.79 Å². The van der Waals surface area contributed by atoms with Gasteiger partial charge in [0.25, 0.3) is 0 Å². The number of hydrogen-bond acceptors (Lipinski definition) is 3. The molecule has 0 aromatic rings. The fourth-order valence-electron chi connectivity index (χ4n) is 1.58. The number of carbonyl (C=O) groups excluding carboxylic acids is 1. The van der Waals surface area contributed by atoms with Crippen LogP contribution in [0.2, 0.25) is 0 Å². The Morgan fingerprint density at radius 1 is 1.69 bits per heavy atom. The van der Waals surface area contributed by atoms with Crippen molar-refractivity contribution < 1.29 is 4.79 Å². The minimum Gasteiger partial charge on any atom is -0.341 e. The van der Waals surface area contributed by atoms with Gasteiger partial charge in [-0.25, -0.2) is 0 Å². The zero-order chi connectivity index (χ0) is 9.68. The zero-order valence-corrected chi connectivity index (χ0v) is 9.02. The summed E-state index contributed by atoms with van der Waals surface area (Å²) in [5, 5.41) is 3.22. The highest BCUT2D eigenvalue weighted by molar-refractivity contribution is 7.80. The first-order valence-corrected chi connectivity index (χ1v) is 5.50. The summed E-state index contributed by atoms with van der Waals surface area (Å²) in [5.74, 6) is 1.58. The van der Waals surface area contributed by atoms with E-state index in [9.17, 15) is 4.79 Å². The maximum absolute atomic E-state index is 11.4. The highest BCUT2D eigenvalue weighted by atomic mass is 32.1. The Hall–Kier alpha value is -0.220. The molecule has 0 aromatic heterocycles. The van der Waals surface area contributed by atoms with Crippen LogP contribution in [-0.4, -0.2) is 42.7 Å². The highest BCUT2D eigenvalue weighted by Crippen LogP contribution is 2.17. The van der Waals surface area contributed by atoms with E-state index >= 15 is 0 Å². The second kappa shape index (κ2) is 5.50. The molecule has 1 rings (SSSR count). The summed E-state index contributed by atoms with van der Waals surface area (Å²) in [6.07, 6.45) is 0.690. The van der Waals surface area contributed by atoms with Crippen molar-refractivity contribution in [2.24, 2.45) is 5.92 Å². The van der Waals surface area contributed by atoms with Gasteiger partial charge in [0, 0.05) is 26.1 Å². The molecule has 0 aliphatic carbocycles. The first kappa shape index (κ1) is 10.9. The van der Waals surface area contributed by atoms with Crippen LogP contribution in [0.3, 0.4) is 0 Å². The number of likely N-dealkylation sites (N-methyl/N-ethyl adjacent to an activating group) is 1. The van der Waals surface area contributed by atoms with Crippen molar-refractivity contribution in [2.45, 2.75) is 13.3 Å². The summed E-state index contributed by atoms with van der Waals surface area (Å²) >= 11 is 4.21. The molecule has 1 N–H and O–H groups in total. The van der Waals surface area contributed by atoms with Crippen molar-refractivity contribution in [3.05, 3.63) is 0 Å². The van der Waals surface area contributed by atoms with Crippen molar-refractivity contribution in [3.8, 4) is 0 Å². The van der Waals surface area contributed by atoms with Crippen LogP contribution < -0.4 is 5.32 Å². The summed E-state index contributed by atoms with van der Waals surface area (Å²) in [7, 11) is 0. The first-order chi connectivity index (χ1) is 6.27. The van der Waals surface area contributed by atoms with Gasteiger partial charge < -0.3 is 10.2 Å². The van der Waals surface area contributed by atoms with Crippen LogP contribution in [0.15, 0.2) is 0 Å². The summed E-state index contributed by atoms with van der Waals surface area (Å²) in [6, 6.07) is 0. The maximum Gasteiger partial charge on any atom is 0.222 e. The fourth-order valence-corrected chi connectivity index (χ4v) is 1.83. The molecule has 1 unspecified atom stereocenters. The molecule has 0 saturated carbocycles. The lowest BCUT2D eigenvalue weighted by Crippen LogP contribution is -2.33. The van der Waals surface area contributed by atoms with Crippen LogP contribution in [0.1, 0.15) is 13.3 Å². The van der Waals surface area contributed by atoms with E-state index in [2.05, 4.69) is 24.9 Å². The van der Waals surface area contributed by atoms with E-state index in [1.54, 1.807) is 0 Å². The van der Waals surface area contributed by atoms with Gasteiger partial charge in [-0.1, -0.05) is 6.92 Å². The molecule has 0 radical (unpaired) electrons. The van der Waals surface area contributed by atoms with Crippen molar-refractivity contribution in [2.75, 3.05) is 31.9 Å². The molecular weight excluding hydrogens is 184 g/mol. The van der Waals surface area contributed by atoms with Gasteiger partial charge in [0.05, 0.1) is 0 Å². The van der Waals surface area contributed by atoms with Crippen molar-refractivity contribution >= 4 is 18.5 Å². The number of thiol groups is 1. The minimum absolute atomic E-state index is 0.289. The van der Waals surface area contributed by atoms with E-state index in [1.165, 1.54) is 0 Å². The van der Waals surface area contributed by atoms with E-state index in [0.717, 1.165) is 31.9 Å². The molecule has 1 saturated heterocycles. The molecule has 1 aliphatic rings. The Bertz CT molecular complexity index is 175. The van der Waals surface area contributed by atoms with E-state index in [1.807, 2.05) is 4.90 Å². The van der Waals surface area contributed by atoms with Crippen LogP contribution in [0.25, 0.3) is 0 Å². The lowest BCUT2D eigenvalue weighted by atomic mass is 10.1. The quantitative estimate of drug-likeness (QED) is 0.499. The third-order valence-corrected chi connectivity index (χ3v) is 2.88. The highest BCUT2D eigenvalue weighted by Gasteiger charge is 2.27. The average molecular weight is 202 g/mol. The topological polar surface area (TPSA) is 32.3 Å². The van der Waals surface area contributed by atoms with E-state index < -0.39 is 0 Å². The summed E-state index contributed by atoms with van der Waals surface area (Å²) in [6.45, 7) is 5.69. The lowest BCUT2D eigenvalue weighted by Gasteiger charge is -2.16. The zero-order valence-electron chi connectivity index (χ0n) is 8.12. The molecule has 0 aromatic carbocycles. The van der Waals surface area contributed by atoms with Crippen LogP contribution in [0.4, 0.5) is 0 Å². The number of carbonyl (C=O) groups is 1. The lowest BCUT2D eigenvalue weighted by molar-refractivity contribution is -0.127. The summed E-state index contributed by atoms with van der Waals surface area (Å²) in [4.78, 5) is 13.3. The number of nitrogens with one attached hydrogen (secondary N) is 1. The van der Waals surface area contributed by atoms with Gasteiger partial charge in [-0.2, -0.15) is 12.6 Å². The molecule has 0 bridgehead atoms. The van der Waals surface area contributed by atoms with E-state index in [0.29, 0.717) is 12.3 Å². The predicted molar refractivity (Wildman–Crippen MR) is 57.1 cm³/mol. The second-order valence-electron chi connectivity index (χ2n) is 3.45. The van der Waals surface area contributed by atoms with E-state index in [-0.39, 0.29) is 5.91 Å². The minimum atomic E-state index is 0.289. The number of nitrogens with zero attached hydrogens (tertiary/aromatic N) is 1. The van der Waals surface area contributed by atoms with Gasteiger partial charge in [0.2, 0.25) is 5.91 Å². The normalized spacial score (nSPS) is 22.8. The molecule has 1 aliphatic heterocycles. The van der Waals surface area contributed by atoms with Crippen molar-refractivity contribution in [3.63, 3.8) is 0 Å². The molecule has 3 nitrogen and oxygen atoms in total. The smallest absolute Gasteiger partial charge is 0.222 e. The predicted octanol–water partition coefficient (Wildman–Crippen LogP) is 0.374. The molecule has 4 heteroatoms. The second-order valence-corrected chi connectivity index (χ2v) is 3.81. The van der Waals surface area contributed by atoms with Crippen molar-refractivity contribution in [1.29, 1.82) is 0 Å². The Morgan fingerprint density at radius 3 is 3.00 bits per heavy atom.